The smallest absolute Gasteiger partial charge is 0.335 e. The maximum Gasteiger partial charge on any atom is 0.335 e. The summed E-state index contributed by atoms with van der Waals surface area (Å²) in [5.74, 6) is -0.940. The molecule has 0 fully saturated rings. The van der Waals surface area contributed by atoms with Gasteiger partial charge in [-0.3, -0.25) is 0 Å². The minimum atomic E-state index is -0.940. The minimum absolute atomic E-state index is 0.284. The zero-order valence-corrected chi connectivity index (χ0v) is 13.0. The van der Waals surface area contributed by atoms with Crippen LogP contribution in [0.15, 0.2) is 55.0 Å². The van der Waals surface area contributed by atoms with E-state index in [0.29, 0.717) is 17.0 Å². The summed E-state index contributed by atoms with van der Waals surface area (Å²) in [5, 5.41) is 9.85. The second-order valence-corrected chi connectivity index (χ2v) is 5.78. The summed E-state index contributed by atoms with van der Waals surface area (Å²) >= 11 is 6.01. The van der Waals surface area contributed by atoms with Crippen LogP contribution in [0.3, 0.4) is 0 Å². The summed E-state index contributed by atoms with van der Waals surface area (Å²) in [6.07, 6.45) is 4.78. The molecule has 3 aromatic rings. The third-order valence-corrected chi connectivity index (χ3v) is 3.86. The van der Waals surface area contributed by atoms with Crippen LogP contribution in [0.2, 0.25) is 5.02 Å². The molecule has 3 rings (SSSR count). The van der Waals surface area contributed by atoms with E-state index in [4.69, 9.17) is 11.6 Å². The molecule has 23 heavy (non-hydrogen) atoms. The van der Waals surface area contributed by atoms with Crippen molar-refractivity contribution in [2.24, 2.45) is 0 Å². The van der Waals surface area contributed by atoms with E-state index in [1.807, 2.05) is 24.4 Å². The molecule has 0 atom stereocenters. The lowest BCUT2D eigenvalue weighted by molar-refractivity contribution is 0.0696. The molecule has 5 heteroatoms. The molecule has 2 N–H and O–H groups in total. The van der Waals surface area contributed by atoms with Gasteiger partial charge in [-0.15, -0.1) is 0 Å². The fraction of sp³-hybridized carbons (Fsp3) is 0.111. The molecule has 0 spiro atoms. The summed E-state index contributed by atoms with van der Waals surface area (Å²) < 4.78 is 0. The lowest BCUT2D eigenvalue weighted by Gasteiger charge is -2.08. The second-order valence-electron chi connectivity index (χ2n) is 5.34. The van der Waals surface area contributed by atoms with Crippen molar-refractivity contribution in [2.75, 3.05) is 0 Å². The van der Waals surface area contributed by atoms with Crippen LogP contribution in [0.1, 0.15) is 32.7 Å². The Morgan fingerprint density at radius 1 is 1.13 bits per heavy atom. The lowest BCUT2D eigenvalue weighted by Crippen LogP contribution is -2.03. The highest BCUT2D eigenvalue weighted by molar-refractivity contribution is 6.30. The van der Waals surface area contributed by atoms with Crippen LogP contribution in [0.25, 0.3) is 0 Å². The fourth-order valence-corrected chi connectivity index (χ4v) is 2.78. The number of aromatic carboxylic acids is 1. The summed E-state index contributed by atoms with van der Waals surface area (Å²) in [6, 6.07) is 12.9. The van der Waals surface area contributed by atoms with Gasteiger partial charge in [-0.2, -0.15) is 0 Å². The van der Waals surface area contributed by atoms with Gasteiger partial charge in [0.15, 0.2) is 0 Å². The maximum absolute atomic E-state index is 11.3. The van der Waals surface area contributed by atoms with Crippen LogP contribution in [-0.4, -0.2) is 21.0 Å². The predicted octanol–water partition coefficient (Wildman–Crippen LogP) is 3.94. The number of rotatable bonds is 5. The highest BCUT2D eigenvalue weighted by atomic mass is 35.5. The Morgan fingerprint density at radius 2 is 1.91 bits per heavy atom. The lowest BCUT2D eigenvalue weighted by atomic mass is 9.97. The van der Waals surface area contributed by atoms with E-state index in [-0.39, 0.29) is 5.56 Å². The van der Waals surface area contributed by atoms with Crippen LogP contribution in [0.5, 0.6) is 0 Å². The predicted molar refractivity (Wildman–Crippen MR) is 89.1 cm³/mol. The molecule has 1 aromatic heterocycles. The van der Waals surface area contributed by atoms with E-state index in [1.54, 1.807) is 24.5 Å². The normalized spacial score (nSPS) is 10.7. The molecule has 0 amide bonds. The molecule has 116 valence electrons. The second kappa shape index (κ2) is 6.67. The molecule has 0 aliphatic rings. The van der Waals surface area contributed by atoms with E-state index in [9.17, 15) is 9.90 Å². The van der Waals surface area contributed by atoms with Crippen molar-refractivity contribution in [1.82, 2.24) is 9.97 Å². The van der Waals surface area contributed by atoms with Gasteiger partial charge in [0.2, 0.25) is 0 Å². The molecule has 0 bridgehead atoms. The summed E-state index contributed by atoms with van der Waals surface area (Å²) in [5.41, 5.74) is 4.14. The largest absolute Gasteiger partial charge is 0.478 e. The van der Waals surface area contributed by atoms with Gasteiger partial charge in [0.1, 0.15) is 0 Å². The van der Waals surface area contributed by atoms with Gasteiger partial charge in [0.05, 0.1) is 17.6 Å². The Hall–Kier alpha value is -2.59. The van der Waals surface area contributed by atoms with Crippen molar-refractivity contribution in [3.05, 3.63) is 88.0 Å². The Bertz CT molecular complexity index is 829. The number of aromatic nitrogens is 2. The molecule has 0 aliphatic heterocycles. The number of aromatic amines is 1. The van der Waals surface area contributed by atoms with Crippen LogP contribution in [0, 0.1) is 0 Å². The number of carboxylic acid groups (broad SMARTS) is 1. The number of hydrogen-bond acceptors (Lipinski definition) is 2. The van der Waals surface area contributed by atoms with Gasteiger partial charge in [-0.1, -0.05) is 35.9 Å². The van der Waals surface area contributed by atoms with E-state index in [0.717, 1.165) is 23.2 Å². The molecule has 1 heterocycles. The SMILES string of the molecule is O=C(O)c1ccc(Cl)cc1Cc1cccc(Cc2c[nH]cn2)c1. The van der Waals surface area contributed by atoms with Crippen molar-refractivity contribution < 1.29 is 9.90 Å². The number of H-pyrrole nitrogens is 1. The average molecular weight is 327 g/mol. The number of benzene rings is 2. The molecule has 0 saturated heterocycles. The topological polar surface area (TPSA) is 66.0 Å². The molecule has 2 aromatic carbocycles. The van der Waals surface area contributed by atoms with Crippen LogP contribution < -0.4 is 0 Å². The third-order valence-electron chi connectivity index (χ3n) is 3.62. The zero-order valence-electron chi connectivity index (χ0n) is 12.3. The van der Waals surface area contributed by atoms with Gasteiger partial charge in [-0.25, -0.2) is 9.78 Å². The number of halogens is 1. The Kier molecular flexibility index (Phi) is 4.44. The number of carboxylic acids is 1. The Morgan fingerprint density at radius 3 is 2.61 bits per heavy atom. The average Bonchev–Trinajstić information content (AvgIpc) is 3.00. The number of nitrogens with one attached hydrogen (secondary N) is 1. The van der Waals surface area contributed by atoms with Gasteiger partial charge in [0.25, 0.3) is 0 Å². The van der Waals surface area contributed by atoms with Crippen LogP contribution in [-0.2, 0) is 12.8 Å². The first-order chi connectivity index (χ1) is 11.1. The fourth-order valence-electron chi connectivity index (χ4n) is 2.58. The monoisotopic (exact) mass is 326 g/mol. The molecule has 0 saturated carbocycles. The molecule has 0 radical (unpaired) electrons. The summed E-state index contributed by atoms with van der Waals surface area (Å²) in [6.45, 7) is 0. The van der Waals surface area contributed by atoms with E-state index in [1.165, 1.54) is 0 Å². The van der Waals surface area contributed by atoms with Crippen molar-refractivity contribution in [3.63, 3.8) is 0 Å². The molecular formula is C18H15ClN2O2. The zero-order chi connectivity index (χ0) is 16.2. The first kappa shape index (κ1) is 15.3. The van der Waals surface area contributed by atoms with E-state index >= 15 is 0 Å². The molecule has 0 aliphatic carbocycles. The van der Waals surface area contributed by atoms with Crippen molar-refractivity contribution >= 4 is 17.6 Å². The number of imidazole rings is 1. The highest BCUT2D eigenvalue weighted by Crippen LogP contribution is 2.20. The van der Waals surface area contributed by atoms with Crippen LogP contribution in [0.4, 0.5) is 0 Å². The quantitative estimate of drug-likeness (QED) is 0.746. The standard InChI is InChI=1S/C18H15ClN2O2/c19-15-4-5-17(18(22)23)14(9-15)7-12-2-1-3-13(6-12)8-16-10-20-11-21-16/h1-6,9-11H,7-8H2,(H,20,21)(H,22,23). The maximum atomic E-state index is 11.3. The molecule has 4 nitrogen and oxygen atoms in total. The number of nitrogens with zero attached hydrogens (tertiary/aromatic N) is 1. The molecule has 0 unspecified atom stereocenters. The Labute approximate surface area is 138 Å². The number of hydrogen-bond donors (Lipinski definition) is 2. The van der Waals surface area contributed by atoms with E-state index in [2.05, 4.69) is 16.0 Å². The van der Waals surface area contributed by atoms with Crippen molar-refractivity contribution in [2.45, 2.75) is 12.8 Å². The summed E-state index contributed by atoms with van der Waals surface area (Å²) in [4.78, 5) is 18.5. The number of carbonyl (C=O) groups is 1. The highest BCUT2D eigenvalue weighted by Gasteiger charge is 2.11. The first-order valence-corrected chi connectivity index (χ1v) is 7.57. The molecular weight excluding hydrogens is 312 g/mol. The van der Waals surface area contributed by atoms with Gasteiger partial charge < -0.3 is 10.1 Å². The van der Waals surface area contributed by atoms with Gasteiger partial charge in [0, 0.05) is 17.6 Å². The summed E-state index contributed by atoms with van der Waals surface area (Å²) in [7, 11) is 0. The Balaban J connectivity index is 1.86. The third kappa shape index (κ3) is 3.79. The van der Waals surface area contributed by atoms with Gasteiger partial charge >= 0.3 is 5.97 Å². The van der Waals surface area contributed by atoms with Gasteiger partial charge in [-0.05, 0) is 41.3 Å². The van der Waals surface area contributed by atoms with Crippen molar-refractivity contribution in [1.29, 1.82) is 0 Å². The van der Waals surface area contributed by atoms with Crippen molar-refractivity contribution in [3.8, 4) is 0 Å². The van der Waals surface area contributed by atoms with E-state index < -0.39 is 5.97 Å². The minimum Gasteiger partial charge on any atom is -0.478 e. The first-order valence-electron chi connectivity index (χ1n) is 7.19. The van der Waals surface area contributed by atoms with Crippen LogP contribution >= 0.6 is 11.6 Å².